The van der Waals surface area contributed by atoms with Crippen molar-refractivity contribution in [2.45, 2.75) is 63.6 Å². The molecular weight excluding hydrogens is 541 g/mol. The molecule has 1 aliphatic heterocycles. The van der Waals surface area contributed by atoms with E-state index in [1.165, 1.54) is 9.99 Å². The fourth-order valence-electron chi connectivity index (χ4n) is 4.29. The van der Waals surface area contributed by atoms with Crippen LogP contribution in [0.2, 0.25) is 0 Å². The SMILES string of the molecule is O=C(CCCC(=O)N1CCCCC1)NC(Cc1ccccc1)C(O)CNCc1cccc(I)c1. The maximum absolute atomic E-state index is 12.7. The molecule has 2 aromatic rings. The molecule has 1 aliphatic rings. The highest BCUT2D eigenvalue weighted by Gasteiger charge is 2.22. The molecule has 0 aliphatic carbocycles. The van der Waals surface area contributed by atoms with E-state index >= 15 is 0 Å². The number of piperidine rings is 1. The van der Waals surface area contributed by atoms with Crippen molar-refractivity contribution in [3.63, 3.8) is 0 Å². The number of rotatable bonds is 12. The Bertz CT molecular complexity index is 903. The van der Waals surface area contributed by atoms with Gasteiger partial charge in [-0.05, 0) is 78.0 Å². The molecule has 2 unspecified atom stereocenters. The van der Waals surface area contributed by atoms with Crippen molar-refractivity contribution in [2.24, 2.45) is 0 Å². The second-order valence-corrected chi connectivity index (χ2v) is 10.2. The Labute approximate surface area is 216 Å². The molecule has 6 nitrogen and oxygen atoms in total. The van der Waals surface area contributed by atoms with Gasteiger partial charge in [-0.25, -0.2) is 0 Å². The molecule has 3 rings (SSSR count). The summed E-state index contributed by atoms with van der Waals surface area (Å²) in [5.41, 5.74) is 2.21. The number of amides is 2. The zero-order chi connectivity index (χ0) is 24.2. The normalized spacial score (nSPS) is 15.5. The van der Waals surface area contributed by atoms with Crippen LogP contribution in [-0.4, -0.2) is 53.6 Å². The van der Waals surface area contributed by atoms with Crippen molar-refractivity contribution in [2.75, 3.05) is 19.6 Å². The van der Waals surface area contributed by atoms with Gasteiger partial charge < -0.3 is 20.6 Å². The summed E-state index contributed by atoms with van der Waals surface area (Å²) in [6, 6.07) is 17.7. The van der Waals surface area contributed by atoms with Crippen LogP contribution in [0.15, 0.2) is 54.6 Å². The number of hydrogen-bond donors (Lipinski definition) is 3. The fourth-order valence-corrected chi connectivity index (χ4v) is 4.89. The van der Waals surface area contributed by atoms with E-state index in [0.717, 1.165) is 37.1 Å². The molecule has 2 aromatic carbocycles. The smallest absolute Gasteiger partial charge is 0.222 e. The highest BCUT2D eigenvalue weighted by Crippen LogP contribution is 2.12. The first kappa shape index (κ1) is 26.6. The quantitative estimate of drug-likeness (QED) is 0.337. The zero-order valence-electron chi connectivity index (χ0n) is 19.7. The predicted octanol–water partition coefficient (Wildman–Crippen LogP) is 3.65. The summed E-state index contributed by atoms with van der Waals surface area (Å²) in [4.78, 5) is 26.9. The molecule has 0 spiro atoms. The minimum atomic E-state index is -0.734. The lowest BCUT2D eigenvalue weighted by atomic mass is 10.0. The van der Waals surface area contributed by atoms with Crippen LogP contribution in [-0.2, 0) is 22.6 Å². The number of benzene rings is 2. The standard InChI is InChI=1S/C27H36IN3O3/c28-23-12-7-11-22(17-23)19-29-20-25(32)24(18-21-9-3-1-4-10-21)30-26(33)13-8-14-27(34)31-15-5-2-6-16-31/h1,3-4,7,9-12,17,24-25,29,32H,2,5-6,8,13-16,18-20H2,(H,30,33). The lowest BCUT2D eigenvalue weighted by molar-refractivity contribution is -0.132. The third-order valence-electron chi connectivity index (χ3n) is 6.18. The van der Waals surface area contributed by atoms with Gasteiger partial charge in [-0.1, -0.05) is 42.5 Å². The summed E-state index contributed by atoms with van der Waals surface area (Å²) >= 11 is 2.29. The Balaban J connectivity index is 1.48. The van der Waals surface area contributed by atoms with E-state index in [1.807, 2.05) is 47.4 Å². The molecule has 0 bridgehead atoms. The monoisotopic (exact) mass is 577 g/mol. The molecule has 184 valence electrons. The summed E-state index contributed by atoms with van der Waals surface area (Å²) in [7, 11) is 0. The fraction of sp³-hybridized carbons (Fsp3) is 0.481. The maximum Gasteiger partial charge on any atom is 0.222 e. The van der Waals surface area contributed by atoms with Crippen molar-refractivity contribution in [1.82, 2.24) is 15.5 Å². The van der Waals surface area contributed by atoms with E-state index in [9.17, 15) is 14.7 Å². The molecule has 34 heavy (non-hydrogen) atoms. The van der Waals surface area contributed by atoms with E-state index in [0.29, 0.717) is 32.4 Å². The molecule has 2 atom stereocenters. The summed E-state index contributed by atoms with van der Waals surface area (Å²) < 4.78 is 1.17. The largest absolute Gasteiger partial charge is 0.390 e. The molecular formula is C27H36IN3O3. The van der Waals surface area contributed by atoms with E-state index in [1.54, 1.807) is 0 Å². The molecule has 0 saturated carbocycles. The van der Waals surface area contributed by atoms with E-state index < -0.39 is 12.1 Å². The minimum Gasteiger partial charge on any atom is -0.390 e. The van der Waals surface area contributed by atoms with Gasteiger partial charge in [0.2, 0.25) is 11.8 Å². The Kier molecular flexibility index (Phi) is 11.3. The van der Waals surface area contributed by atoms with E-state index in [4.69, 9.17) is 0 Å². The van der Waals surface area contributed by atoms with Gasteiger partial charge >= 0.3 is 0 Å². The van der Waals surface area contributed by atoms with Crippen LogP contribution < -0.4 is 10.6 Å². The van der Waals surface area contributed by atoms with E-state index in [2.05, 4.69) is 45.4 Å². The van der Waals surface area contributed by atoms with Crippen LogP contribution in [0.4, 0.5) is 0 Å². The molecule has 0 radical (unpaired) electrons. The van der Waals surface area contributed by atoms with Crippen molar-refractivity contribution >= 4 is 34.4 Å². The van der Waals surface area contributed by atoms with Crippen LogP contribution in [0.5, 0.6) is 0 Å². The van der Waals surface area contributed by atoms with Crippen LogP contribution in [0.1, 0.15) is 49.7 Å². The number of likely N-dealkylation sites (tertiary alicyclic amines) is 1. The molecule has 2 amide bonds. The predicted molar refractivity (Wildman–Crippen MR) is 143 cm³/mol. The average Bonchev–Trinajstić information content (AvgIpc) is 2.85. The Hall–Kier alpha value is -1.97. The highest BCUT2D eigenvalue weighted by atomic mass is 127. The molecule has 1 heterocycles. The van der Waals surface area contributed by atoms with Crippen molar-refractivity contribution in [3.8, 4) is 0 Å². The number of aliphatic hydroxyl groups excluding tert-OH is 1. The van der Waals surface area contributed by atoms with Gasteiger partial charge in [0.25, 0.3) is 0 Å². The second kappa shape index (κ2) is 14.4. The number of nitrogens with zero attached hydrogens (tertiary/aromatic N) is 1. The number of nitrogens with one attached hydrogen (secondary N) is 2. The Morgan fingerprint density at radius 1 is 0.971 bits per heavy atom. The molecule has 0 aromatic heterocycles. The summed E-state index contributed by atoms with van der Waals surface area (Å²) in [6.45, 7) is 2.70. The lowest BCUT2D eigenvalue weighted by Crippen LogP contribution is -2.48. The second-order valence-electron chi connectivity index (χ2n) is 8.99. The van der Waals surface area contributed by atoms with Gasteiger partial charge in [-0.2, -0.15) is 0 Å². The first-order chi connectivity index (χ1) is 16.5. The van der Waals surface area contributed by atoms with Crippen LogP contribution in [0.3, 0.4) is 0 Å². The third-order valence-corrected chi connectivity index (χ3v) is 6.86. The first-order valence-corrected chi connectivity index (χ1v) is 13.3. The number of carbonyl (C=O) groups excluding carboxylic acids is 2. The van der Waals surface area contributed by atoms with Crippen LogP contribution >= 0.6 is 22.6 Å². The first-order valence-electron chi connectivity index (χ1n) is 12.3. The molecule has 1 fully saturated rings. The van der Waals surface area contributed by atoms with Crippen molar-refractivity contribution in [1.29, 1.82) is 0 Å². The van der Waals surface area contributed by atoms with Crippen molar-refractivity contribution in [3.05, 3.63) is 69.3 Å². The highest BCUT2D eigenvalue weighted by molar-refractivity contribution is 14.1. The molecule has 3 N–H and O–H groups in total. The minimum absolute atomic E-state index is 0.121. The number of carbonyl (C=O) groups is 2. The van der Waals surface area contributed by atoms with Gasteiger partial charge in [0.15, 0.2) is 0 Å². The number of halogens is 1. The van der Waals surface area contributed by atoms with Gasteiger partial charge in [0.1, 0.15) is 0 Å². The van der Waals surface area contributed by atoms with Crippen LogP contribution in [0.25, 0.3) is 0 Å². The summed E-state index contributed by atoms with van der Waals surface area (Å²) in [6.07, 6.45) is 4.36. The van der Waals surface area contributed by atoms with Gasteiger partial charge in [-0.3, -0.25) is 9.59 Å². The number of aliphatic hydroxyl groups is 1. The molecule has 7 heteroatoms. The maximum atomic E-state index is 12.7. The Morgan fingerprint density at radius 3 is 2.44 bits per heavy atom. The van der Waals surface area contributed by atoms with Gasteiger partial charge in [0, 0.05) is 42.6 Å². The Morgan fingerprint density at radius 2 is 1.71 bits per heavy atom. The van der Waals surface area contributed by atoms with E-state index in [-0.39, 0.29) is 18.2 Å². The topological polar surface area (TPSA) is 81.7 Å². The summed E-state index contributed by atoms with van der Waals surface area (Å²) in [5, 5.41) is 17.2. The van der Waals surface area contributed by atoms with Gasteiger partial charge in [-0.15, -0.1) is 0 Å². The molecule has 1 saturated heterocycles. The van der Waals surface area contributed by atoms with Crippen molar-refractivity contribution < 1.29 is 14.7 Å². The zero-order valence-corrected chi connectivity index (χ0v) is 21.9. The summed E-state index contributed by atoms with van der Waals surface area (Å²) in [5.74, 6) is 0.0252. The third kappa shape index (κ3) is 9.35. The van der Waals surface area contributed by atoms with Gasteiger partial charge in [0.05, 0.1) is 12.1 Å². The average molecular weight is 578 g/mol. The lowest BCUT2D eigenvalue weighted by Gasteiger charge is -2.27. The number of hydrogen-bond acceptors (Lipinski definition) is 4. The van der Waals surface area contributed by atoms with Crippen LogP contribution in [0, 0.1) is 3.57 Å².